The van der Waals surface area contributed by atoms with Gasteiger partial charge in [0.15, 0.2) is 5.78 Å². The molecule has 0 atom stereocenters. The molecule has 4 nitrogen and oxygen atoms in total. The summed E-state index contributed by atoms with van der Waals surface area (Å²) in [5, 5.41) is 7.33. The molecule has 0 bridgehead atoms. The maximum absolute atomic E-state index is 11.1. The molecule has 0 amide bonds. The molecule has 0 unspecified atom stereocenters. The van der Waals surface area contributed by atoms with Crippen LogP contribution in [0.3, 0.4) is 0 Å². The number of aromatic nitrogens is 2. The number of hydrogen-bond acceptors (Lipinski definition) is 4. The van der Waals surface area contributed by atoms with Crippen molar-refractivity contribution in [2.24, 2.45) is 0 Å². The van der Waals surface area contributed by atoms with Gasteiger partial charge in [0.25, 0.3) is 0 Å². The van der Waals surface area contributed by atoms with Gasteiger partial charge in [-0.3, -0.25) is 4.79 Å². The summed E-state index contributed by atoms with van der Waals surface area (Å²) in [6.07, 6.45) is 1.26. The molecule has 0 saturated carbocycles. The number of carbonyl (C=O) groups is 1. The number of nitrogens with zero attached hydrogens (tertiary/aromatic N) is 2. The lowest BCUT2D eigenvalue weighted by Crippen LogP contribution is -1.91. The Morgan fingerprint density at radius 1 is 1.43 bits per heavy atom. The molecule has 0 spiro atoms. The van der Waals surface area contributed by atoms with Crippen LogP contribution in [-0.2, 0) is 0 Å². The van der Waals surface area contributed by atoms with E-state index in [-0.39, 0.29) is 5.78 Å². The van der Waals surface area contributed by atoms with Gasteiger partial charge in [0.2, 0.25) is 12.3 Å². The quantitative estimate of drug-likeness (QED) is 0.676. The van der Waals surface area contributed by atoms with E-state index < -0.39 is 0 Å². The Labute approximate surface area is 80.6 Å². The van der Waals surface area contributed by atoms with Gasteiger partial charge in [-0.1, -0.05) is 12.1 Å². The first-order valence-electron chi connectivity index (χ1n) is 4.15. The summed E-state index contributed by atoms with van der Waals surface area (Å²) in [6, 6.07) is 7.09. The van der Waals surface area contributed by atoms with Crippen LogP contribution in [0.4, 0.5) is 0 Å². The van der Waals surface area contributed by atoms with Crippen molar-refractivity contribution in [3.05, 3.63) is 36.2 Å². The molecule has 4 heteroatoms. The molecule has 0 fully saturated rings. The van der Waals surface area contributed by atoms with Crippen molar-refractivity contribution in [1.82, 2.24) is 10.2 Å². The Bertz CT molecular complexity index is 449. The fraction of sp³-hybridized carbons (Fsp3) is 0.100. The number of hydrogen-bond donors (Lipinski definition) is 0. The molecule has 1 heterocycles. The summed E-state index contributed by atoms with van der Waals surface area (Å²) >= 11 is 0. The molecular weight excluding hydrogens is 180 g/mol. The highest BCUT2D eigenvalue weighted by molar-refractivity contribution is 5.95. The zero-order valence-corrected chi connectivity index (χ0v) is 7.60. The minimum Gasteiger partial charge on any atom is -0.423 e. The molecule has 2 aromatic rings. The molecule has 0 N–H and O–H groups in total. The predicted octanol–water partition coefficient (Wildman–Crippen LogP) is 1.94. The number of Topliss-reactive ketones (excluding diaryl/α,β-unsaturated/α-hetero) is 1. The van der Waals surface area contributed by atoms with Crippen molar-refractivity contribution in [2.75, 3.05) is 0 Å². The summed E-state index contributed by atoms with van der Waals surface area (Å²) in [4.78, 5) is 11.1. The second-order valence-electron chi connectivity index (χ2n) is 2.88. The van der Waals surface area contributed by atoms with Gasteiger partial charge in [-0.15, -0.1) is 10.2 Å². The zero-order chi connectivity index (χ0) is 9.97. The number of benzene rings is 1. The normalized spacial score (nSPS) is 10.1. The van der Waals surface area contributed by atoms with Crippen LogP contribution in [0, 0.1) is 0 Å². The Kier molecular flexibility index (Phi) is 2.10. The standard InChI is InChI=1S/C10H8N2O2/c1-7(13)8-3-2-4-9(5-8)10-12-11-6-14-10/h2-6H,1H3. The van der Waals surface area contributed by atoms with Gasteiger partial charge in [0.1, 0.15) is 0 Å². The highest BCUT2D eigenvalue weighted by atomic mass is 16.4. The van der Waals surface area contributed by atoms with Crippen molar-refractivity contribution >= 4 is 5.78 Å². The van der Waals surface area contributed by atoms with E-state index in [1.807, 2.05) is 6.07 Å². The third-order valence-electron chi connectivity index (χ3n) is 1.88. The monoisotopic (exact) mass is 188 g/mol. The molecule has 0 aliphatic heterocycles. The minimum atomic E-state index is 0.0198. The molecule has 0 saturated heterocycles. The second kappa shape index (κ2) is 3.41. The molecule has 0 aliphatic carbocycles. The van der Waals surface area contributed by atoms with Crippen LogP contribution in [0.15, 0.2) is 35.1 Å². The van der Waals surface area contributed by atoms with Crippen LogP contribution in [0.2, 0.25) is 0 Å². The number of carbonyl (C=O) groups excluding carboxylic acids is 1. The molecule has 1 aromatic heterocycles. The fourth-order valence-corrected chi connectivity index (χ4v) is 1.17. The van der Waals surface area contributed by atoms with Crippen LogP contribution in [0.5, 0.6) is 0 Å². The summed E-state index contributed by atoms with van der Waals surface area (Å²) < 4.78 is 5.02. The molecular formula is C10H8N2O2. The maximum Gasteiger partial charge on any atom is 0.247 e. The molecule has 70 valence electrons. The van der Waals surface area contributed by atoms with Gasteiger partial charge < -0.3 is 4.42 Å². The van der Waals surface area contributed by atoms with Gasteiger partial charge in [0.05, 0.1) is 0 Å². The van der Waals surface area contributed by atoms with E-state index in [1.54, 1.807) is 18.2 Å². The van der Waals surface area contributed by atoms with Gasteiger partial charge in [-0.25, -0.2) is 0 Å². The first kappa shape index (κ1) is 8.62. The largest absolute Gasteiger partial charge is 0.423 e. The van der Waals surface area contributed by atoms with Gasteiger partial charge in [0, 0.05) is 11.1 Å². The van der Waals surface area contributed by atoms with Crippen LogP contribution < -0.4 is 0 Å². The lowest BCUT2D eigenvalue weighted by Gasteiger charge is -1.97. The van der Waals surface area contributed by atoms with Crippen molar-refractivity contribution in [3.63, 3.8) is 0 Å². The SMILES string of the molecule is CC(=O)c1cccc(-c2nnco2)c1. The van der Waals surface area contributed by atoms with E-state index in [4.69, 9.17) is 4.42 Å². The van der Waals surface area contributed by atoms with Crippen LogP contribution in [0.25, 0.3) is 11.5 Å². The smallest absolute Gasteiger partial charge is 0.247 e. The van der Waals surface area contributed by atoms with E-state index in [9.17, 15) is 4.79 Å². The maximum atomic E-state index is 11.1. The molecule has 2 rings (SSSR count). The Morgan fingerprint density at radius 3 is 2.93 bits per heavy atom. The Hall–Kier alpha value is -1.97. The fourth-order valence-electron chi connectivity index (χ4n) is 1.17. The van der Waals surface area contributed by atoms with E-state index in [2.05, 4.69) is 10.2 Å². The average molecular weight is 188 g/mol. The lowest BCUT2D eigenvalue weighted by atomic mass is 10.1. The average Bonchev–Trinajstić information content (AvgIpc) is 2.71. The van der Waals surface area contributed by atoms with Gasteiger partial charge >= 0.3 is 0 Å². The summed E-state index contributed by atoms with van der Waals surface area (Å²) in [6.45, 7) is 1.52. The zero-order valence-electron chi connectivity index (χ0n) is 7.60. The summed E-state index contributed by atoms with van der Waals surface area (Å²) in [5.74, 6) is 0.444. The highest BCUT2D eigenvalue weighted by Crippen LogP contribution is 2.17. The topological polar surface area (TPSA) is 56.0 Å². The van der Waals surface area contributed by atoms with E-state index in [1.165, 1.54) is 13.3 Å². The summed E-state index contributed by atoms with van der Waals surface area (Å²) in [7, 11) is 0. The summed E-state index contributed by atoms with van der Waals surface area (Å²) in [5.41, 5.74) is 1.40. The van der Waals surface area contributed by atoms with Crippen LogP contribution in [-0.4, -0.2) is 16.0 Å². The number of rotatable bonds is 2. The Balaban J connectivity index is 2.46. The lowest BCUT2D eigenvalue weighted by molar-refractivity contribution is 0.101. The van der Waals surface area contributed by atoms with E-state index >= 15 is 0 Å². The highest BCUT2D eigenvalue weighted by Gasteiger charge is 2.05. The van der Waals surface area contributed by atoms with Crippen molar-refractivity contribution in [1.29, 1.82) is 0 Å². The minimum absolute atomic E-state index is 0.0198. The van der Waals surface area contributed by atoms with Crippen molar-refractivity contribution in [3.8, 4) is 11.5 Å². The second-order valence-corrected chi connectivity index (χ2v) is 2.88. The molecule has 1 aromatic carbocycles. The number of ketones is 1. The van der Waals surface area contributed by atoms with Crippen molar-refractivity contribution in [2.45, 2.75) is 6.92 Å². The van der Waals surface area contributed by atoms with Crippen LogP contribution in [0.1, 0.15) is 17.3 Å². The van der Waals surface area contributed by atoms with E-state index in [0.717, 1.165) is 5.56 Å². The van der Waals surface area contributed by atoms with Crippen LogP contribution >= 0.6 is 0 Å². The first-order valence-corrected chi connectivity index (χ1v) is 4.15. The predicted molar refractivity (Wildman–Crippen MR) is 49.7 cm³/mol. The molecule has 0 aliphatic rings. The van der Waals surface area contributed by atoms with Gasteiger partial charge in [-0.2, -0.15) is 0 Å². The first-order chi connectivity index (χ1) is 6.77. The third kappa shape index (κ3) is 1.54. The molecule has 0 radical (unpaired) electrons. The van der Waals surface area contributed by atoms with E-state index in [0.29, 0.717) is 11.5 Å². The van der Waals surface area contributed by atoms with Crippen molar-refractivity contribution < 1.29 is 9.21 Å². The third-order valence-corrected chi connectivity index (χ3v) is 1.88. The molecule has 14 heavy (non-hydrogen) atoms. The van der Waals surface area contributed by atoms with Gasteiger partial charge in [-0.05, 0) is 19.1 Å². The Morgan fingerprint density at radius 2 is 2.29 bits per heavy atom.